The van der Waals surface area contributed by atoms with E-state index in [2.05, 4.69) is 20.8 Å². The maximum absolute atomic E-state index is 12.5. The van der Waals surface area contributed by atoms with Gasteiger partial charge in [0.2, 0.25) is 17.2 Å². The molecule has 3 rings (SSSR count). The van der Waals surface area contributed by atoms with Crippen molar-refractivity contribution in [3.63, 3.8) is 0 Å². The van der Waals surface area contributed by atoms with Gasteiger partial charge in [0.05, 0.1) is 11.9 Å². The van der Waals surface area contributed by atoms with Gasteiger partial charge in [0.15, 0.2) is 0 Å². The number of hydrogen-bond acceptors (Lipinski definition) is 7. The monoisotopic (exact) mass is 423 g/mol. The number of fused-ring (bicyclic) bond motifs is 1. The number of amides is 2. The number of benzene rings is 1. The van der Waals surface area contributed by atoms with Crippen molar-refractivity contribution < 1.29 is 14.5 Å². The molecule has 0 saturated heterocycles. The highest BCUT2D eigenvalue weighted by molar-refractivity contribution is 5.97. The highest BCUT2D eigenvalue weighted by atomic mass is 16.6. The number of imidazole rings is 1. The van der Waals surface area contributed by atoms with Crippen LogP contribution in [0.25, 0.3) is 5.65 Å². The normalized spacial score (nSPS) is 11.0. The number of aryl methyl sites for hydroxylation is 1. The molecule has 1 aromatic carbocycles. The van der Waals surface area contributed by atoms with Gasteiger partial charge in [-0.1, -0.05) is 12.1 Å². The Hall–Kier alpha value is -4.28. The predicted molar refractivity (Wildman–Crippen MR) is 117 cm³/mol. The van der Waals surface area contributed by atoms with E-state index in [0.29, 0.717) is 11.3 Å². The number of carbonyl (C=O) groups is 2. The lowest BCUT2D eigenvalue weighted by Crippen LogP contribution is -2.19. The molecule has 160 valence electrons. The maximum Gasteiger partial charge on any atom is 0.361 e. The second-order valence-corrected chi connectivity index (χ2v) is 7.01. The summed E-state index contributed by atoms with van der Waals surface area (Å²) >= 11 is 0. The molecule has 0 radical (unpaired) electrons. The molecule has 0 saturated carbocycles. The molecule has 2 amide bonds. The first-order valence-corrected chi connectivity index (χ1v) is 9.23. The minimum Gasteiger partial charge on any atom is -0.378 e. The molecule has 2 aromatic heterocycles. The van der Waals surface area contributed by atoms with Gasteiger partial charge < -0.3 is 20.3 Å². The number of anilines is 2. The van der Waals surface area contributed by atoms with E-state index in [1.807, 2.05) is 43.3 Å². The van der Waals surface area contributed by atoms with Crippen LogP contribution in [-0.4, -0.2) is 46.4 Å². The zero-order chi connectivity index (χ0) is 22.7. The molecule has 11 nitrogen and oxygen atoms in total. The van der Waals surface area contributed by atoms with E-state index < -0.39 is 16.6 Å². The molecule has 3 aromatic rings. The number of rotatable bonds is 6. The van der Waals surface area contributed by atoms with Crippen LogP contribution in [0.15, 0.2) is 41.6 Å². The van der Waals surface area contributed by atoms with E-state index in [-0.39, 0.29) is 17.2 Å². The molecule has 0 atom stereocenters. The van der Waals surface area contributed by atoms with Crippen molar-refractivity contribution in [1.82, 2.24) is 14.8 Å². The van der Waals surface area contributed by atoms with E-state index in [0.717, 1.165) is 15.7 Å². The van der Waals surface area contributed by atoms with Crippen molar-refractivity contribution >= 4 is 40.9 Å². The topological polar surface area (TPSA) is 134 Å². The summed E-state index contributed by atoms with van der Waals surface area (Å²) in [4.78, 5) is 40.9. The van der Waals surface area contributed by atoms with Crippen LogP contribution in [0.3, 0.4) is 0 Å². The lowest BCUT2D eigenvalue weighted by Gasteiger charge is -2.11. The fourth-order valence-electron chi connectivity index (χ4n) is 2.90. The molecule has 0 unspecified atom stereocenters. The van der Waals surface area contributed by atoms with Gasteiger partial charge in [-0.3, -0.25) is 9.59 Å². The minimum atomic E-state index is -0.824. The minimum absolute atomic E-state index is 0.201. The van der Waals surface area contributed by atoms with E-state index in [9.17, 15) is 19.7 Å². The van der Waals surface area contributed by atoms with E-state index in [1.165, 1.54) is 19.3 Å². The lowest BCUT2D eigenvalue weighted by atomic mass is 10.2. The van der Waals surface area contributed by atoms with Gasteiger partial charge in [-0.15, -0.1) is 0 Å². The Kier molecular flexibility index (Phi) is 5.95. The van der Waals surface area contributed by atoms with Crippen LogP contribution in [0.4, 0.5) is 17.2 Å². The summed E-state index contributed by atoms with van der Waals surface area (Å²) in [5.41, 5.74) is 4.87. The van der Waals surface area contributed by atoms with Crippen LogP contribution in [0.5, 0.6) is 0 Å². The van der Waals surface area contributed by atoms with Crippen molar-refractivity contribution in [3.05, 3.63) is 63.5 Å². The Morgan fingerprint density at radius 3 is 2.52 bits per heavy atom. The molecule has 0 aliphatic heterocycles. The first kappa shape index (κ1) is 21.4. The number of nitrogens with zero attached hydrogens (tertiary/aromatic N) is 5. The van der Waals surface area contributed by atoms with Crippen LogP contribution in [0.1, 0.15) is 28.5 Å². The summed E-state index contributed by atoms with van der Waals surface area (Å²) in [5.74, 6) is -1.67. The molecule has 0 aliphatic rings. The number of nitro groups is 1. The van der Waals surface area contributed by atoms with Crippen molar-refractivity contribution in [3.8, 4) is 0 Å². The summed E-state index contributed by atoms with van der Waals surface area (Å²) in [6, 6.07) is 8.98. The fraction of sp³-hybridized carbons (Fsp3) is 0.200. The number of nitrogens with one attached hydrogen (secondary N) is 2. The Morgan fingerprint density at radius 1 is 1.26 bits per heavy atom. The number of hydrazone groups is 1. The van der Waals surface area contributed by atoms with Crippen LogP contribution < -0.4 is 15.6 Å². The first-order valence-electron chi connectivity index (χ1n) is 9.23. The van der Waals surface area contributed by atoms with E-state index in [4.69, 9.17) is 0 Å². The predicted octanol–water partition coefficient (Wildman–Crippen LogP) is 2.34. The summed E-state index contributed by atoms with van der Waals surface area (Å²) in [6.45, 7) is 3.05. The second-order valence-electron chi connectivity index (χ2n) is 7.01. The van der Waals surface area contributed by atoms with Crippen LogP contribution >= 0.6 is 0 Å². The average molecular weight is 423 g/mol. The molecule has 31 heavy (non-hydrogen) atoms. The van der Waals surface area contributed by atoms with Gasteiger partial charge in [0, 0.05) is 32.8 Å². The van der Waals surface area contributed by atoms with Crippen LogP contribution in [0.2, 0.25) is 0 Å². The molecular weight excluding hydrogens is 402 g/mol. The third-order valence-corrected chi connectivity index (χ3v) is 4.43. The summed E-state index contributed by atoms with van der Waals surface area (Å²) in [5, 5.41) is 18.1. The third kappa shape index (κ3) is 4.66. The second kappa shape index (κ2) is 8.61. The number of aromatic nitrogens is 2. The maximum atomic E-state index is 12.5. The third-order valence-electron chi connectivity index (χ3n) is 4.43. The standard InChI is InChI=1S/C20H21N7O4/c1-12-9-17-23-18(20(27(30)31)26(17)11-16(12)22-13(2)28)19(29)24-21-10-14-5-7-15(8-6-14)25(3)4/h5-11H,1-4H3,(H,22,28)(H,24,29)/b21-10+. The SMILES string of the molecule is CC(=O)Nc1cn2c([N+](=O)[O-])c(C(=O)N/N=C/c3ccc(N(C)C)cc3)nc2cc1C. The average Bonchev–Trinajstić information content (AvgIpc) is 3.06. The molecule has 0 spiro atoms. The molecule has 0 bridgehead atoms. The van der Waals surface area contributed by atoms with E-state index in [1.54, 1.807) is 13.0 Å². The van der Waals surface area contributed by atoms with Gasteiger partial charge >= 0.3 is 5.82 Å². The van der Waals surface area contributed by atoms with Crippen molar-refractivity contribution in [2.45, 2.75) is 13.8 Å². The van der Waals surface area contributed by atoms with Crippen LogP contribution in [-0.2, 0) is 4.79 Å². The highest BCUT2D eigenvalue weighted by Crippen LogP contribution is 2.25. The highest BCUT2D eigenvalue weighted by Gasteiger charge is 2.28. The Labute approximate surface area is 177 Å². The Morgan fingerprint density at radius 2 is 1.94 bits per heavy atom. The largest absolute Gasteiger partial charge is 0.378 e. The van der Waals surface area contributed by atoms with Gasteiger partial charge in [-0.25, -0.2) is 5.43 Å². The Balaban J connectivity index is 1.88. The summed E-state index contributed by atoms with van der Waals surface area (Å²) < 4.78 is 1.15. The number of carbonyl (C=O) groups excluding carboxylic acids is 2. The van der Waals surface area contributed by atoms with Crippen LogP contribution in [0, 0.1) is 17.0 Å². The molecule has 11 heteroatoms. The van der Waals surface area contributed by atoms with E-state index >= 15 is 0 Å². The molecular formula is C20H21N7O4. The zero-order valence-electron chi connectivity index (χ0n) is 17.4. The Bertz CT molecular complexity index is 1200. The molecule has 2 heterocycles. The number of pyridine rings is 1. The smallest absolute Gasteiger partial charge is 0.361 e. The zero-order valence-corrected chi connectivity index (χ0v) is 17.4. The molecule has 0 fully saturated rings. The molecule has 2 N–H and O–H groups in total. The van der Waals surface area contributed by atoms with Crippen molar-refractivity contribution in [2.24, 2.45) is 5.10 Å². The summed E-state index contributed by atoms with van der Waals surface area (Å²) in [7, 11) is 3.84. The quantitative estimate of drug-likeness (QED) is 0.355. The van der Waals surface area contributed by atoms with Crippen molar-refractivity contribution in [2.75, 3.05) is 24.3 Å². The fourth-order valence-corrected chi connectivity index (χ4v) is 2.90. The first-order chi connectivity index (χ1) is 14.7. The molecule has 0 aliphatic carbocycles. The van der Waals surface area contributed by atoms with Gasteiger partial charge in [-0.2, -0.15) is 14.5 Å². The lowest BCUT2D eigenvalue weighted by molar-refractivity contribution is -0.390. The van der Waals surface area contributed by atoms with Gasteiger partial charge in [0.1, 0.15) is 6.20 Å². The summed E-state index contributed by atoms with van der Waals surface area (Å²) in [6.07, 6.45) is 2.79. The number of hydrogen-bond donors (Lipinski definition) is 2. The van der Waals surface area contributed by atoms with Crippen molar-refractivity contribution in [1.29, 1.82) is 0 Å². The van der Waals surface area contributed by atoms with Gasteiger partial charge in [-0.05, 0) is 35.1 Å². The van der Waals surface area contributed by atoms with Gasteiger partial charge in [0.25, 0.3) is 5.91 Å².